The van der Waals surface area contributed by atoms with E-state index in [2.05, 4.69) is 54.9 Å². The normalized spacial score (nSPS) is 10.7. The highest BCUT2D eigenvalue weighted by molar-refractivity contribution is 9.10. The zero-order valence-corrected chi connectivity index (χ0v) is 10.9. The molecule has 1 aromatic rings. The number of hydrogen-bond donors (Lipinski definition) is 0. The number of hydrogen-bond acceptors (Lipinski definition) is 0. The molecule has 0 heterocycles. The van der Waals surface area contributed by atoms with Gasteiger partial charge in [0.05, 0.1) is 0 Å². The fourth-order valence-electron chi connectivity index (χ4n) is 1.07. The Balaban J connectivity index is 0.00000121. The van der Waals surface area contributed by atoms with Gasteiger partial charge in [-0.1, -0.05) is 54.9 Å². The minimum atomic E-state index is 0. The Morgan fingerprint density at radius 2 is 1.58 bits per heavy atom. The molecule has 0 unspecified atom stereocenters. The quantitative estimate of drug-likeness (QED) is 0.668. The lowest BCUT2D eigenvalue weighted by Crippen LogP contribution is -2.11. The minimum Gasteiger partial charge on any atom is -0.114 e. The predicted octanol–water partition coefficient (Wildman–Crippen LogP) is 4.32. The van der Waals surface area contributed by atoms with Crippen molar-refractivity contribution in [3.05, 3.63) is 34.3 Å². The molecule has 0 aliphatic heterocycles. The van der Waals surface area contributed by atoms with Gasteiger partial charge in [-0.3, -0.25) is 0 Å². The Morgan fingerprint density at radius 1 is 1.08 bits per heavy atom. The van der Waals surface area contributed by atoms with Crippen LogP contribution in [-0.4, -0.2) is 0 Å². The second kappa shape index (κ2) is 4.43. The van der Waals surface area contributed by atoms with Gasteiger partial charge in [0.15, 0.2) is 0 Å². The van der Waals surface area contributed by atoms with Gasteiger partial charge in [0, 0.05) is 4.47 Å². The third kappa shape index (κ3) is 2.91. The van der Waals surface area contributed by atoms with E-state index in [1.54, 1.807) is 0 Å². The highest BCUT2D eigenvalue weighted by Gasteiger charge is 2.15. The summed E-state index contributed by atoms with van der Waals surface area (Å²) in [6.45, 7) is 6.65. The molecule has 0 aromatic heterocycles. The molecule has 0 bridgehead atoms. The van der Waals surface area contributed by atoms with Crippen LogP contribution in [0.15, 0.2) is 28.7 Å². The van der Waals surface area contributed by atoms with Gasteiger partial charge < -0.3 is 0 Å². The molecule has 2 heteroatoms. The molecule has 0 spiro atoms. The second-order valence-corrected chi connectivity index (χ2v) is 4.58. The molecule has 0 aliphatic rings. The van der Waals surface area contributed by atoms with Crippen molar-refractivity contribution in [3.8, 4) is 0 Å². The molecule has 1 aromatic carbocycles. The van der Waals surface area contributed by atoms with E-state index in [0.717, 1.165) is 0 Å². The fraction of sp³-hybridized carbons (Fsp3) is 0.400. The molecule has 0 aliphatic carbocycles. The van der Waals surface area contributed by atoms with E-state index < -0.39 is 0 Å². The van der Waals surface area contributed by atoms with Crippen LogP contribution in [0.5, 0.6) is 0 Å². The van der Waals surface area contributed by atoms with Crippen molar-refractivity contribution >= 4 is 32.9 Å². The van der Waals surface area contributed by atoms with Crippen molar-refractivity contribution in [1.29, 1.82) is 0 Å². The van der Waals surface area contributed by atoms with Gasteiger partial charge in [-0.05, 0) is 17.0 Å². The van der Waals surface area contributed by atoms with Crippen LogP contribution < -0.4 is 0 Å². The SMILES string of the molecule is Br.CC(C)(C)c1ccccc1Br. The maximum atomic E-state index is 3.53. The summed E-state index contributed by atoms with van der Waals surface area (Å²) in [5, 5.41) is 0. The topological polar surface area (TPSA) is 0 Å². The zero-order valence-electron chi connectivity index (χ0n) is 7.60. The van der Waals surface area contributed by atoms with Crippen molar-refractivity contribution in [1.82, 2.24) is 0 Å². The standard InChI is InChI=1S/C10H13Br.BrH/c1-10(2,3)8-6-4-5-7-9(8)11;/h4-7H,1-3H3;1H. The van der Waals surface area contributed by atoms with Crippen LogP contribution in [0.1, 0.15) is 26.3 Å². The lowest BCUT2D eigenvalue weighted by atomic mass is 9.87. The largest absolute Gasteiger partial charge is 0.114 e. The highest BCUT2D eigenvalue weighted by atomic mass is 79.9. The van der Waals surface area contributed by atoms with Crippen LogP contribution in [0.2, 0.25) is 0 Å². The van der Waals surface area contributed by atoms with E-state index in [-0.39, 0.29) is 22.4 Å². The maximum Gasteiger partial charge on any atom is 0.0212 e. The van der Waals surface area contributed by atoms with Gasteiger partial charge in [-0.25, -0.2) is 0 Å². The van der Waals surface area contributed by atoms with Gasteiger partial charge in [0.1, 0.15) is 0 Å². The van der Waals surface area contributed by atoms with Crippen LogP contribution in [0.25, 0.3) is 0 Å². The number of rotatable bonds is 0. The van der Waals surface area contributed by atoms with Gasteiger partial charge >= 0.3 is 0 Å². The first kappa shape index (κ1) is 12.2. The van der Waals surface area contributed by atoms with Crippen LogP contribution in [0.4, 0.5) is 0 Å². The van der Waals surface area contributed by atoms with Crippen LogP contribution in [0.3, 0.4) is 0 Å². The third-order valence-electron chi connectivity index (χ3n) is 1.68. The molecule has 68 valence electrons. The Bertz CT molecular complexity index is 248. The van der Waals surface area contributed by atoms with E-state index in [9.17, 15) is 0 Å². The van der Waals surface area contributed by atoms with Gasteiger partial charge in [-0.2, -0.15) is 0 Å². The van der Waals surface area contributed by atoms with Gasteiger partial charge in [-0.15, -0.1) is 17.0 Å². The summed E-state index contributed by atoms with van der Waals surface area (Å²) in [6, 6.07) is 8.36. The number of benzene rings is 1. The Kier molecular flexibility index (Phi) is 4.49. The molecule has 0 radical (unpaired) electrons. The smallest absolute Gasteiger partial charge is 0.0212 e. The first-order valence-corrected chi connectivity index (χ1v) is 4.56. The molecular weight excluding hydrogens is 280 g/mol. The Labute approximate surface area is 93.3 Å². The second-order valence-electron chi connectivity index (χ2n) is 3.73. The molecule has 0 atom stereocenters. The summed E-state index contributed by atoms with van der Waals surface area (Å²) in [4.78, 5) is 0. The molecule has 1 rings (SSSR count). The molecule has 0 amide bonds. The molecule has 0 saturated heterocycles. The van der Waals surface area contributed by atoms with Crippen LogP contribution >= 0.6 is 32.9 Å². The van der Waals surface area contributed by atoms with Crippen molar-refractivity contribution in [2.24, 2.45) is 0 Å². The molecule has 0 fully saturated rings. The average molecular weight is 294 g/mol. The molecule has 12 heavy (non-hydrogen) atoms. The molecular formula is C10H14Br2. The van der Waals surface area contributed by atoms with Crippen LogP contribution in [-0.2, 0) is 5.41 Å². The molecule has 0 nitrogen and oxygen atoms in total. The van der Waals surface area contributed by atoms with E-state index in [0.29, 0.717) is 0 Å². The van der Waals surface area contributed by atoms with Gasteiger partial charge in [0.2, 0.25) is 0 Å². The summed E-state index contributed by atoms with van der Waals surface area (Å²) in [5.74, 6) is 0. The Hall–Kier alpha value is 0.180. The molecule has 0 N–H and O–H groups in total. The summed E-state index contributed by atoms with van der Waals surface area (Å²) in [6.07, 6.45) is 0. The van der Waals surface area contributed by atoms with Crippen molar-refractivity contribution in [2.45, 2.75) is 26.2 Å². The summed E-state index contributed by atoms with van der Waals surface area (Å²) >= 11 is 3.53. The number of halogens is 2. The van der Waals surface area contributed by atoms with Crippen molar-refractivity contribution < 1.29 is 0 Å². The summed E-state index contributed by atoms with van der Waals surface area (Å²) in [5.41, 5.74) is 1.60. The Morgan fingerprint density at radius 3 is 1.92 bits per heavy atom. The maximum absolute atomic E-state index is 3.53. The monoisotopic (exact) mass is 292 g/mol. The first-order valence-electron chi connectivity index (χ1n) is 3.77. The van der Waals surface area contributed by atoms with E-state index >= 15 is 0 Å². The van der Waals surface area contributed by atoms with Crippen LogP contribution in [0, 0.1) is 0 Å². The van der Waals surface area contributed by atoms with Crippen molar-refractivity contribution in [2.75, 3.05) is 0 Å². The summed E-state index contributed by atoms with van der Waals surface area (Å²) in [7, 11) is 0. The lowest BCUT2D eigenvalue weighted by molar-refractivity contribution is 0.587. The first-order chi connectivity index (χ1) is 5.02. The van der Waals surface area contributed by atoms with E-state index in [1.807, 2.05) is 6.07 Å². The summed E-state index contributed by atoms with van der Waals surface area (Å²) < 4.78 is 1.20. The molecule has 0 saturated carbocycles. The lowest BCUT2D eigenvalue weighted by Gasteiger charge is -2.20. The predicted molar refractivity (Wildman–Crippen MR) is 63.2 cm³/mol. The minimum absolute atomic E-state index is 0. The fourth-order valence-corrected chi connectivity index (χ4v) is 1.95. The average Bonchev–Trinajstić information content (AvgIpc) is 1.86. The highest BCUT2D eigenvalue weighted by Crippen LogP contribution is 2.28. The van der Waals surface area contributed by atoms with Gasteiger partial charge in [0.25, 0.3) is 0 Å². The third-order valence-corrected chi connectivity index (χ3v) is 2.37. The zero-order chi connectivity index (χ0) is 8.48. The van der Waals surface area contributed by atoms with E-state index in [1.165, 1.54) is 10.0 Å². The van der Waals surface area contributed by atoms with Crippen molar-refractivity contribution in [3.63, 3.8) is 0 Å². The van der Waals surface area contributed by atoms with E-state index in [4.69, 9.17) is 0 Å².